The van der Waals surface area contributed by atoms with Crippen LogP contribution in [0.5, 0.6) is 0 Å². The molecule has 1 aromatic rings. The first-order valence-corrected chi connectivity index (χ1v) is 7.20. The normalized spacial score (nSPS) is 13.4. The molecule has 116 valence electrons. The van der Waals surface area contributed by atoms with Crippen LogP contribution in [0.1, 0.15) is 25.8 Å². The van der Waals surface area contributed by atoms with Crippen molar-refractivity contribution in [3.05, 3.63) is 29.8 Å². The van der Waals surface area contributed by atoms with Crippen molar-refractivity contribution in [3.63, 3.8) is 0 Å². The number of carbonyl (C=O) groups is 2. The number of likely N-dealkylation sites (N-methyl/N-ethyl adjacent to an activating group) is 1. The quantitative estimate of drug-likeness (QED) is 0.836. The molecular formula is C16H25N3O2. The molecule has 0 bridgehead atoms. The number of benzene rings is 1. The maximum atomic E-state index is 12.0. The first-order chi connectivity index (χ1) is 9.85. The van der Waals surface area contributed by atoms with Crippen molar-refractivity contribution in [1.82, 2.24) is 4.90 Å². The highest BCUT2D eigenvalue weighted by molar-refractivity contribution is 5.94. The Bertz CT molecular complexity index is 483. The fourth-order valence-corrected chi connectivity index (χ4v) is 1.78. The molecule has 2 amide bonds. The summed E-state index contributed by atoms with van der Waals surface area (Å²) in [5, 5.41) is 2.80. The molecule has 0 spiro atoms. The van der Waals surface area contributed by atoms with Gasteiger partial charge in [0.1, 0.15) is 0 Å². The fourth-order valence-electron chi connectivity index (χ4n) is 1.78. The Morgan fingerprint density at radius 3 is 2.29 bits per heavy atom. The van der Waals surface area contributed by atoms with Crippen molar-refractivity contribution >= 4 is 17.5 Å². The molecule has 2 atom stereocenters. The van der Waals surface area contributed by atoms with Gasteiger partial charge in [0, 0.05) is 19.8 Å². The van der Waals surface area contributed by atoms with E-state index in [1.54, 1.807) is 31.1 Å². The van der Waals surface area contributed by atoms with Crippen LogP contribution in [0.4, 0.5) is 5.69 Å². The van der Waals surface area contributed by atoms with Gasteiger partial charge in [-0.2, -0.15) is 0 Å². The first-order valence-electron chi connectivity index (χ1n) is 7.20. The van der Waals surface area contributed by atoms with Crippen molar-refractivity contribution in [2.45, 2.75) is 32.7 Å². The van der Waals surface area contributed by atoms with Gasteiger partial charge in [-0.1, -0.05) is 32.4 Å². The van der Waals surface area contributed by atoms with E-state index in [0.29, 0.717) is 12.1 Å². The topological polar surface area (TPSA) is 75.4 Å². The molecule has 0 aromatic heterocycles. The summed E-state index contributed by atoms with van der Waals surface area (Å²) >= 11 is 0. The average Bonchev–Trinajstić information content (AvgIpc) is 2.47. The van der Waals surface area contributed by atoms with Crippen LogP contribution in [-0.2, 0) is 16.0 Å². The molecule has 1 rings (SSSR count). The number of hydrogen-bond acceptors (Lipinski definition) is 3. The largest absolute Gasteiger partial charge is 0.349 e. The molecule has 0 unspecified atom stereocenters. The maximum absolute atomic E-state index is 12.0. The Hall–Kier alpha value is -1.88. The van der Waals surface area contributed by atoms with E-state index in [0.717, 1.165) is 12.0 Å². The lowest BCUT2D eigenvalue weighted by Gasteiger charge is -2.17. The zero-order chi connectivity index (χ0) is 16.0. The van der Waals surface area contributed by atoms with Gasteiger partial charge in [0.25, 0.3) is 0 Å². The van der Waals surface area contributed by atoms with Gasteiger partial charge in [0.05, 0.1) is 12.5 Å². The SMILES string of the molecule is CC[C@H](C)[C@H](N)C(=O)Nc1ccc(CC(=O)N(C)C)cc1. The van der Waals surface area contributed by atoms with E-state index in [1.165, 1.54) is 0 Å². The lowest BCUT2D eigenvalue weighted by atomic mass is 9.99. The van der Waals surface area contributed by atoms with Gasteiger partial charge in [0.2, 0.25) is 11.8 Å². The molecule has 0 radical (unpaired) electrons. The van der Waals surface area contributed by atoms with Gasteiger partial charge < -0.3 is 16.0 Å². The molecule has 5 heteroatoms. The molecule has 0 saturated heterocycles. The average molecular weight is 291 g/mol. The summed E-state index contributed by atoms with van der Waals surface area (Å²) in [5.74, 6) is 0.00836. The Kier molecular flexibility index (Phi) is 6.37. The number of hydrogen-bond donors (Lipinski definition) is 2. The van der Waals surface area contributed by atoms with Gasteiger partial charge in [0.15, 0.2) is 0 Å². The summed E-state index contributed by atoms with van der Waals surface area (Å²) in [6.07, 6.45) is 1.22. The third-order valence-corrected chi connectivity index (χ3v) is 3.64. The summed E-state index contributed by atoms with van der Waals surface area (Å²) in [6, 6.07) is 6.75. The highest BCUT2D eigenvalue weighted by atomic mass is 16.2. The van der Waals surface area contributed by atoms with Gasteiger partial charge in [-0.15, -0.1) is 0 Å². The first kappa shape index (κ1) is 17.2. The second-order valence-electron chi connectivity index (χ2n) is 5.56. The van der Waals surface area contributed by atoms with Crippen LogP contribution in [0.2, 0.25) is 0 Å². The number of rotatable bonds is 6. The minimum absolute atomic E-state index is 0.0468. The Morgan fingerprint density at radius 2 is 1.81 bits per heavy atom. The van der Waals surface area contributed by atoms with E-state index in [1.807, 2.05) is 26.0 Å². The second kappa shape index (κ2) is 7.78. The lowest BCUT2D eigenvalue weighted by molar-refractivity contribution is -0.128. The summed E-state index contributed by atoms with van der Waals surface area (Å²) in [4.78, 5) is 25.1. The van der Waals surface area contributed by atoms with Gasteiger partial charge >= 0.3 is 0 Å². The predicted octanol–water partition coefficient (Wildman–Crippen LogP) is 1.63. The van der Waals surface area contributed by atoms with E-state index in [2.05, 4.69) is 5.32 Å². The summed E-state index contributed by atoms with van der Waals surface area (Å²) < 4.78 is 0. The molecule has 5 nitrogen and oxygen atoms in total. The van der Waals surface area contributed by atoms with Crippen LogP contribution < -0.4 is 11.1 Å². The second-order valence-corrected chi connectivity index (χ2v) is 5.56. The van der Waals surface area contributed by atoms with Gasteiger partial charge in [-0.25, -0.2) is 0 Å². The zero-order valence-corrected chi connectivity index (χ0v) is 13.2. The number of amides is 2. The zero-order valence-electron chi connectivity index (χ0n) is 13.2. The minimum Gasteiger partial charge on any atom is -0.349 e. The van der Waals surface area contributed by atoms with Gasteiger partial charge in [-0.05, 0) is 23.6 Å². The van der Waals surface area contributed by atoms with E-state index in [9.17, 15) is 9.59 Å². The Morgan fingerprint density at radius 1 is 1.24 bits per heavy atom. The van der Waals surface area contributed by atoms with Crippen LogP contribution >= 0.6 is 0 Å². The van der Waals surface area contributed by atoms with Crippen molar-refractivity contribution in [2.24, 2.45) is 11.7 Å². The number of nitrogens with one attached hydrogen (secondary N) is 1. The Balaban J connectivity index is 2.62. The molecule has 3 N–H and O–H groups in total. The smallest absolute Gasteiger partial charge is 0.241 e. The predicted molar refractivity (Wildman–Crippen MR) is 84.9 cm³/mol. The summed E-state index contributed by atoms with van der Waals surface area (Å²) in [5.41, 5.74) is 7.49. The molecule has 1 aromatic carbocycles. The van der Waals surface area contributed by atoms with Crippen LogP contribution in [0.15, 0.2) is 24.3 Å². The van der Waals surface area contributed by atoms with Crippen molar-refractivity contribution in [3.8, 4) is 0 Å². The van der Waals surface area contributed by atoms with E-state index < -0.39 is 6.04 Å². The molecule has 0 aliphatic rings. The van der Waals surface area contributed by atoms with E-state index >= 15 is 0 Å². The van der Waals surface area contributed by atoms with Crippen LogP contribution in [0.3, 0.4) is 0 Å². The van der Waals surface area contributed by atoms with Crippen molar-refractivity contribution in [1.29, 1.82) is 0 Å². The molecule has 0 fully saturated rings. The van der Waals surface area contributed by atoms with Crippen LogP contribution in [0, 0.1) is 5.92 Å². The third-order valence-electron chi connectivity index (χ3n) is 3.64. The number of carbonyl (C=O) groups excluding carboxylic acids is 2. The molecular weight excluding hydrogens is 266 g/mol. The lowest BCUT2D eigenvalue weighted by Crippen LogP contribution is -2.40. The fraction of sp³-hybridized carbons (Fsp3) is 0.500. The minimum atomic E-state index is -0.509. The molecule has 0 heterocycles. The van der Waals surface area contributed by atoms with E-state index in [4.69, 9.17) is 5.73 Å². The monoisotopic (exact) mass is 291 g/mol. The summed E-state index contributed by atoms with van der Waals surface area (Å²) in [6.45, 7) is 3.97. The van der Waals surface area contributed by atoms with Crippen molar-refractivity contribution < 1.29 is 9.59 Å². The maximum Gasteiger partial charge on any atom is 0.241 e. The molecule has 0 saturated carbocycles. The van der Waals surface area contributed by atoms with Crippen molar-refractivity contribution in [2.75, 3.05) is 19.4 Å². The highest BCUT2D eigenvalue weighted by Crippen LogP contribution is 2.13. The van der Waals surface area contributed by atoms with Gasteiger partial charge in [-0.3, -0.25) is 9.59 Å². The van der Waals surface area contributed by atoms with E-state index in [-0.39, 0.29) is 17.7 Å². The number of nitrogens with two attached hydrogens (primary N) is 1. The molecule has 0 aliphatic carbocycles. The van der Waals surface area contributed by atoms with Crippen LogP contribution in [0.25, 0.3) is 0 Å². The third kappa shape index (κ3) is 5.19. The number of anilines is 1. The molecule has 0 aliphatic heterocycles. The number of nitrogens with zero attached hydrogens (tertiary/aromatic N) is 1. The highest BCUT2D eigenvalue weighted by Gasteiger charge is 2.19. The van der Waals surface area contributed by atoms with Crippen LogP contribution in [-0.4, -0.2) is 36.9 Å². The standard InChI is InChI=1S/C16H25N3O2/c1-5-11(2)15(17)16(21)18-13-8-6-12(7-9-13)10-14(20)19(3)4/h6-9,11,15H,5,10,17H2,1-4H3,(H,18,21)/t11-,15-/m0/s1. The molecule has 21 heavy (non-hydrogen) atoms. The Labute approximate surface area is 126 Å². The summed E-state index contributed by atoms with van der Waals surface area (Å²) in [7, 11) is 3.46.